The summed E-state index contributed by atoms with van der Waals surface area (Å²) in [4.78, 5) is 16.6. The Balaban J connectivity index is 2.07. The highest BCUT2D eigenvalue weighted by atomic mass is 79.9. The number of rotatable bonds is 2. The standard InChI is InChI=1S/C16H9BrCl2N2O/c17-11-3-6-15-20-14(8-16(22)21(15)9-11)13(19)7-10-1-4-12(18)5-2-10/h1-9H/b13-7-. The number of hydrogen-bond acceptors (Lipinski definition) is 2. The highest BCUT2D eigenvalue weighted by molar-refractivity contribution is 9.10. The lowest BCUT2D eigenvalue weighted by atomic mass is 10.2. The topological polar surface area (TPSA) is 34.4 Å². The SMILES string of the molecule is O=c1cc(/C(Cl)=C/c2ccc(Cl)cc2)nc2ccc(Br)cn12. The number of nitrogens with zero attached hydrogens (tertiary/aromatic N) is 2. The van der Waals surface area contributed by atoms with E-state index in [1.54, 1.807) is 30.5 Å². The Morgan fingerprint density at radius 3 is 2.64 bits per heavy atom. The Morgan fingerprint density at radius 1 is 1.18 bits per heavy atom. The molecule has 0 amide bonds. The molecule has 3 rings (SSSR count). The van der Waals surface area contributed by atoms with Crippen LogP contribution in [0.5, 0.6) is 0 Å². The summed E-state index contributed by atoms with van der Waals surface area (Å²) in [7, 11) is 0. The van der Waals surface area contributed by atoms with Crippen molar-refractivity contribution in [1.29, 1.82) is 0 Å². The molecule has 1 aromatic carbocycles. The normalized spacial score (nSPS) is 11.9. The van der Waals surface area contributed by atoms with E-state index in [0.29, 0.717) is 21.4 Å². The van der Waals surface area contributed by atoms with Crippen LogP contribution in [0.2, 0.25) is 5.02 Å². The van der Waals surface area contributed by atoms with E-state index in [0.717, 1.165) is 10.0 Å². The van der Waals surface area contributed by atoms with Gasteiger partial charge in [0.2, 0.25) is 0 Å². The van der Waals surface area contributed by atoms with E-state index in [1.165, 1.54) is 10.5 Å². The number of hydrogen-bond donors (Lipinski definition) is 0. The van der Waals surface area contributed by atoms with Crippen molar-refractivity contribution in [2.75, 3.05) is 0 Å². The Hall–Kier alpha value is -1.62. The Morgan fingerprint density at radius 2 is 1.91 bits per heavy atom. The number of pyridine rings is 1. The van der Waals surface area contributed by atoms with Crippen molar-refractivity contribution in [2.45, 2.75) is 0 Å². The minimum Gasteiger partial charge on any atom is -0.269 e. The lowest BCUT2D eigenvalue weighted by Gasteiger charge is -2.04. The molecule has 0 aliphatic carbocycles. The predicted molar refractivity (Wildman–Crippen MR) is 94.3 cm³/mol. The van der Waals surface area contributed by atoms with Crippen LogP contribution in [0.3, 0.4) is 0 Å². The van der Waals surface area contributed by atoms with E-state index >= 15 is 0 Å². The quantitative estimate of drug-likeness (QED) is 0.621. The van der Waals surface area contributed by atoms with Gasteiger partial charge in [0.1, 0.15) is 5.65 Å². The van der Waals surface area contributed by atoms with Crippen LogP contribution in [0.4, 0.5) is 0 Å². The summed E-state index contributed by atoms with van der Waals surface area (Å²) in [5.41, 5.74) is 1.66. The maximum atomic E-state index is 12.2. The van der Waals surface area contributed by atoms with Gasteiger partial charge in [-0.25, -0.2) is 4.98 Å². The van der Waals surface area contributed by atoms with E-state index in [4.69, 9.17) is 23.2 Å². The molecule has 2 heterocycles. The third kappa shape index (κ3) is 3.24. The van der Waals surface area contributed by atoms with Gasteiger partial charge in [-0.1, -0.05) is 35.3 Å². The zero-order chi connectivity index (χ0) is 15.7. The molecule has 22 heavy (non-hydrogen) atoms. The lowest BCUT2D eigenvalue weighted by Crippen LogP contribution is -2.14. The van der Waals surface area contributed by atoms with Gasteiger partial charge in [0.15, 0.2) is 0 Å². The van der Waals surface area contributed by atoms with E-state index < -0.39 is 0 Å². The fraction of sp³-hybridized carbons (Fsp3) is 0. The van der Waals surface area contributed by atoms with Crippen molar-refractivity contribution < 1.29 is 0 Å². The minimum atomic E-state index is -0.191. The Bertz CT molecular complexity index is 933. The molecule has 0 spiro atoms. The molecule has 0 aliphatic heterocycles. The first-order valence-electron chi connectivity index (χ1n) is 6.35. The van der Waals surface area contributed by atoms with Crippen LogP contribution >= 0.6 is 39.1 Å². The summed E-state index contributed by atoms with van der Waals surface area (Å²) in [5.74, 6) is 0. The second-order valence-electron chi connectivity index (χ2n) is 4.60. The van der Waals surface area contributed by atoms with Crippen molar-refractivity contribution in [3.05, 3.63) is 79.8 Å². The number of aromatic nitrogens is 2. The molecular weight excluding hydrogens is 387 g/mol. The van der Waals surface area contributed by atoms with Gasteiger partial charge in [0.25, 0.3) is 5.56 Å². The second-order valence-corrected chi connectivity index (χ2v) is 6.36. The molecule has 0 N–H and O–H groups in total. The third-order valence-corrected chi connectivity index (χ3v) is 4.06. The first-order valence-corrected chi connectivity index (χ1v) is 7.90. The molecule has 0 saturated carbocycles. The maximum absolute atomic E-state index is 12.2. The van der Waals surface area contributed by atoms with Crippen LogP contribution in [0.25, 0.3) is 16.8 Å². The molecule has 0 bridgehead atoms. The van der Waals surface area contributed by atoms with Crippen LogP contribution in [0.1, 0.15) is 11.3 Å². The number of fused-ring (bicyclic) bond motifs is 1. The summed E-state index contributed by atoms with van der Waals surface area (Å²) in [6, 6.07) is 12.2. The van der Waals surface area contributed by atoms with Gasteiger partial charge in [-0.3, -0.25) is 9.20 Å². The zero-order valence-corrected chi connectivity index (χ0v) is 14.2. The van der Waals surface area contributed by atoms with Gasteiger partial charge in [-0.2, -0.15) is 0 Å². The second kappa shape index (κ2) is 6.24. The molecule has 0 saturated heterocycles. The summed E-state index contributed by atoms with van der Waals surface area (Å²) in [6.07, 6.45) is 3.42. The minimum absolute atomic E-state index is 0.191. The van der Waals surface area contributed by atoms with E-state index in [-0.39, 0.29) is 5.56 Å². The van der Waals surface area contributed by atoms with Crippen molar-refractivity contribution in [3.63, 3.8) is 0 Å². The summed E-state index contributed by atoms with van der Waals surface area (Å²) in [6.45, 7) is 0. The van der Waals surface area contributed by atoms with Gasteiger partial charge < -0.3 is 0 Å². The molecule has 110 valence electrons. The highest BCUT2D eigenvalue weighted by Gasteiger charge is 2.06. The largest absolute Gasteiger partial charge is 0.269 e. The van der Waals surface area contributed by atoms with Crippen molar-refractivity contribution in [3.8, 4) is 0 Å². The molecule has 6 heteroatoms. The van der Waals surface area contributed by atoms with E-state index in [2.05, 4.69) is 20.9 Å². The Labute approximate surface area is 145 Å². The van der Waals surface area contributed by atoms with Crippen LogP contribution in [-0.2, 0) is 0 Å². The summed E-state index contributed by atoms with van der Waals surface area (Å²) < 4.78 is 2.26. The molecule has 2 aromatic heterocycles. The monoisotopic (exact) mass is 394 g/mol. The van der Waals surface area contributed by atoms with Gasteiger partial charge in [0, 0.05) is 21.8 Å². The fourth-order valence-electron chi connectivity index (χ4n) is 1.98. The van der Waals surface area contributed by atoms with Crippen LogP contribution in [0.15, 0.2) is 57.9 Å². The molecule has 0 fully saturated rings. The number of benzene rings is 1. The van der Waals surface area contributed by atoms with E-state index in [9.17, 15) is 4.79 Å². The van der Waals surface area contributed by atoms with Crippen LogP contribution in [0, 0.1) is 0 Å². The van der Waals surface area contributed by atoms with Crippen molar-refractivity contribution >= 4 is 55.9 Å². The molecule has 3 nitrogen and oxygen atoms in total. The van der Waals surface area contributed by atoms with Crippen LogP contribution < -0.4 is 5.56 Å². The van der Waals surface area contributed by atoms with Crippen molar-refractivity contribution in [1.82, 2.24) is 9.38 Å². The zero-order valence-electron chi connectivity index (χ0n) is 11.1. The van der Waals surface area contributed by atoms with Gasteiger partial charge >= 0.3 is 0 Å². The summed E-state index contributed by atoms with van der Waals surface area (Å²) >= 11 is 15.5. The molecule has 0 unspecified atom stereocenters. The fourth-order valence-corrected chi connectivity index (χ4v) is 2.66. The molecule has 0 aliphatic rings. The average Bonchev–Trinajstić information content (AvgIpc) is 2.50. The summed E-state index contributed by atoms with van der Waals surface area (Å²) in [5, 5.41) is 1.05. The van der Waals surface area contributed by atoms with Gasteiger partial charge in [-0.15, -0.1) is 0 Å². The number of halogens is 3. The molecule has 0 atom stereocenters. The predicted octanol–water partition coefficient (Wildman–Crippen LogP) is 4.85. The van der Waals surface area contributed by atoms with Crippen molar-refractivity contribution in [2.24, 2.45) is 0 Å². The third-order valence-electron chi connectivity index (χ3n) is 3.03. The molecule has 3 aromatic rings. The van der Waals surface area contributed by atoms with E-state index in [1.807, 2.05) is 18.2 Å². The van der Waals surface area contributed by atoms with Gasteiger partial charge in [0.05, 0.1) is 10.7 Å². The molecular formula is C16H9BrCl2N2O. The highest BCUT2D eigenvalue weighted by Crippen LogP contribution is 2.21. The maximum Gasteiger partial charge on any atom is 0.258 e. The van der Waals surface area contributed by atoms with Gasteiger partial charge in [-0.05, 0) is 51.8 Å². The smallest absolute Gasteiger partial charge is 0.258 e. The lowest BCUT2D eigenvalue weighted by molar-refractivity contribution is 1.03. The average molecular weight is 396 g/mol. The first kappa shape index (κ1) is 15.3. The molecule has 0 radical (unpaired) electrons. The first-order chi connectivity index (χ1) is 10.5. The van der Waals surface area contributed by atoms with Crippen LogP contribution in [-0.4, -0.2) is 9.38 Å². The Kier molecular flexibility index (Phi) is 4.34.